The predicted octanol–water partition coefficient (Wildman–Crippen LogP) is 6.91. The number of aliphatic carboxylic acids is 1. The van der Waals surface area contributed by atoms with Gasteiger partial charge >= 0.3 is 0 Å². The fourth-order valence-corrected chi connectivity index (χ4v) is 5.02. The van der Waals surface area contributed by atoms with Crippen LogP contribution in [0.25, 0.3) is 11.1 Å². The molecule has 1 aliphatic rings. The number of allylic oxidation sites excluding steroid dienone is 7. The molecule has 174 valence electrons. The second-order valence-electron chi connectivity index (χ2n) is 9.57. The maximum atomic E-state index is 15.2. The third kappa shape index (κ3) is 5.80. The van der Waals surface area contributed by atoms with Crippen LogP contribution in [0.2, 0.25) is 0 Å². The van der Waals surface area contributed by atoms with E-state index < -0.39 is 11.8 Å². The van der Waals surface area contributed by atoms with Gasteiger partial charge in [-0.05, 0) is 107 Å². The SMILES string of the molecule is CC(/C=C/C(F)=C(/C)c1cc2c(c(Br)c1OC(C)C)C(C)(C)CC=C2C(C)C)=C\C(=O)[O-]. The standard InChI is InChI=1S/C27H34BrFO3/c1-15(2)19-11-12-27(7,8)24-21(19)14-20(26(25(24)28)32-16(3)4)18(6)22(29)10-9-17(5)13-23(30)31/h9-11,13-16H,12H2,1-8H3,(H,30,31)/p-1/b10-9+,17-13+,22-18+. The summed E-state index contributed by atoms with van der Waals surface area (Å²) in [6.07, 6.45) is 6.75. The molecule has 0 aliphatic heterocycles. The van der Waals surface area contributed by atoms with Crippen LogP contribution in [0, 0.1) is 5.92 Å². The lowest BCUT2D eigenvalue weighted by molar-refractivity contribution is -0.297. The molecule has 0 fully saturated rings. The van der Waals surface area contributed by atoms with Crippen molar-refractivity contribution in [2.75, 3.05) is 0 Å². The van der Waals surface area contributed by atoms with E-state index in [1.807, 2.05) is 19.9 Å². The summed E-state index contributed by atoms with van der Waals surface area (Å²) in [5.41, 5.74) is 4.94. The zero-order valence-corrected chi connectivity index (χ0v) is 21.8. The molecular formula is C27H33BrFO3-. The highest BCUT2D eigenvalue weighted by Crippen LogP contribution is 2.50. The lowest BCUT2D eigenvalue weighted by Gasteiger charge is -2.36. The average Bonchev–Trinajstić information content (AvgIpc) is 2.65. The van der Waals surface area contributed by atoms with Gasteiger partial charge in [0.15, 0.2) is 0 Å². The predicted molar refractivity (Wildman–Crippen MR) is 132 cm³/mol. The molecule has 32 heavy (non-hydrogen) atoms. The highest BCUT2D eigenvalue weighted by Gasteiger charge is 2.34. The second-order valence-corrected chi connectivity index (χ2v) is 10.4. The summed E-state index contributed by atoms with van der Waals surface area (Å²) in [5.74, 6) is -0.815. The van der Waals surface area contributed by atoms with Crippen LogP contribution in [-0.4, -0.2) is 12.1 Å². The highest BCUT2D eigenvalue weighted by atomic mass is 79.9. The monoisotopic (exact) mass is 503 g/mol. The molecule has 0 atom stereocenters. The third-order valence-corrected chi connectivity index (χ3v) is 6.37. The molecule has 0 spiro atoms. The van der Waals surface area contributed by atoms with Crippen molar-refractivity contribution in [2.45, 2.75) is 73.3 Å². The Labute approximate surface area is 199 Å². The lowest BCUT2D eigenvalue weighted by Crippen LogP contribution is -2.24. The van der Waals surface area contributed by atoms with Crippen LogP contribution >= 0.6 is 15.9 Å². The Morgan fingerprint density at radius 1 is 1.22 bits per heavy atom. The van der Waals surface area contributed by atoms with E-state index in [9.17, 15) is 9.90 Å². The molecular weight excluding hydrogens is 471 g/mol. The van der Waals surface area contributed by atoms with E-state index in [2.05, 4.69) is 49.7 Å². The first kappa shape index (κ1) is 26.1. The summed E-state index contributed by atoms with van der Waals surface area (Å²) in [6, 6.07) is 2.04. The number of hydrogen-bond acceptors (Lipinski definition) is 3. The van der Waals surface area contributed by atoms with Crippen LogP contribution in [0.5, 0.6) is 5.75 Å². The second kappa shape index (κ2) is 10.2. The summed E-state index contributed by atoms with van der Waals surface area (Å²) in [4.78, 5) is 10.7. The highest BCUT2D eigenvalue weighted by molar-refractivity contribution is 9.10. The van der Waals surface area contributed by atoms with Crippen molar-refractivity contribution in [3.05, 3.63) is 62.9 Å². The van der Waals surface area contributed by atoms with Crippen molar-refractivity contribution in [2.24, 2.45) is 5.92 Å². The van der Waals surface area contributed by atoms with Gasteiger partial charge < -0.3 is 14.6 Å². The van der Waals surface area contributed by atoms with Crippen molar-refractivity contribution in [3.63, 3.8) is 0 Å². The smallest absolute Gasteiger partial charge is 0.141 e. The minimum Gasteiger partial charge on any atom is -0.545 e. The van der Waals surface area contributed by atoms with E-state index in [1.165, 1.54) is 23.3 Å². The molecule has 0 bridgehead atoms. The molecule has 1 aromatic carbocycles. The number of carbonyl (C=O) groups excluding carboxylic acids is 1. The summed E-state index contributed by atoms with van der Waals surface area (Å²) >= 11 is 3.81. The van der Waals surface area contributed by atoms with Crippen molar-refractivity contribution in [1.29, 1.82) is 0 Å². The third-order valence-electron chi connectivity index (χ3n) is 5.62. The van der Waals surface area contributed by atoms with E-state index in [1.54, 1.807) is 13.8 Å². The fourth-order valence-electron chi connectivity index (χ4n) is 3.97. The van der Waals surface area contributed by atoms with Gasteiger partial charge in [0.25, 0.3) is 0 Å². The molecule has 0 radical (unpaired) electrons. The minimum absolute atomic E-state index is 0.0884. The van der Waals surface area contributed by atoms with E-state index in [0.717, 1.165) is 22.5 Å². The molecule has 0 unspecified atom stereocenters. The van der Waals surface area contributed by atoms with Gasteiger partial charge in [0.2, 0.25) is 0 Å². The molecule has 0 amide bonds. The zero-order valence-electron chi connectivity index (χ0n) is 20.2. The maximum absolute atomic E-state index is 15.2. The van der Waals surface area contributed by atoms with Crippen LogP contribution in [0.3, 0.4) is 0 Å². The summed E-state index contributed by atoms with van der Waals surface area (Å²) in [5, 5.41) is 10.7. The van der Waals surface area contributed by atoms with E-state index in [4.69, 9.17) is 4.74 Å². The van der Waals surface area contributed by atoms with Gasteiger partial charge in [0, 0.05) is 5.56 Å². The summed E-state index contributed by atoms with van der Waals surface area (Å²) < 4.78 is 22.2. The van der Waals surface area contributed by atoms with Crippen LogP contribution in [-0.2, 0) is 10.2 Å². The van der Waals surface area contributed by atoms with Gasteiger partial charge in [-0.15, -0.1) is 0 Å². The molecule has 0 aromatic heterocycles. The summed E-state index contributed by atoms with van der Waals surface area (Å²) in [7, 11) is 0. The molecule has 3 nitrogen and oxygen atoms in total. The Balaban J connectivity index is 2.78. The number of fused-ring (bicyclic) bond motifs is 1. The molecule has 0 saturated heterocycles. The normalized spacial score (nSPS) is 16.9. The molecule has 1 aromatic rings. The fraction of sp³-hybridized carbons (Fsp3) is 0.444. The number of benzene rings is 1. The first-order valence-corrected chi connectivity index (χ1v) is 11.7. The Morgan fingerprint density at radius 3 is 2.38 bits per heavy atom. The van der Waals surface area contributed by atoms with Crippen molar-refractivity contribution < 1.29 is 19.0 Å². The Morgan fingerprint density at radius 2 is 1.84 bits per heavy atom. The molecule has 0 N–H and O–H groups in total. The number of rotatable bonds is 7. The van der Waals surface area contributed by atoms with Crippen LogP contribution in [0.15, 0.2) is 46.2 Å². The van der Waals surface area contributed by atoms with Gasteiger partial charge in [-0.1, -0.05) is 39.8 Å². The quantitative estimate of drug-likeness (QED) is 0.300. The maximum Gasteiger partial charge on any atom is 0.141 e. The Bertz CT molecular complexity index is 1020. The Hall–Kier alpha value is -2.14. The largest absolute Gasteiger partial charge is 0.545 e. The van der Waals surface area contributed by atoms with Crippen LogP contribution in [0.4, 0.5) is 4.39 Å². The van der Waals surface area contributed by atoms with E-state index in [0.29, 0.717) is 28.4 Å². The number of halogens is 2. The number of ether oxygens (including phenoxy) is 1. The van der Waals surface area contributed by atoms with Gasteiger partial charge in [-0.25, -0.2) is 4.39 Å². The van der Waals surface area contributed by atoms with Gasteiger partial charge in [-0.3, -0.25) is 0 Å². The van der Waals surface area contributed by atoms with Gasteiger partial charge in [-0.2, -0.15) is 0 Å². The molecule has 2 rings (SSSR count). The summed E-state index contributed by atoms with van der Waals surface area (Å²) in [6.45, 7) is 15.9. The number of carbonyl (C=O) groups is 1. The van der Waals surface area contributed by atoms with Crippen molar-refractivity contribution >= 4 is 33.0 Å². The average molecular weight is 504 g/mol. The minimum atomic E-state index is -1.31. The zero-order chi connectivity index (χ0) is 24.4. The number of carboxylic acids is 1. The lowest BCUT2D eigenvalue weighted by atomic mass is 9.70. The van der Waals surface area contributed by atoms with Crippen molar-refractivity contribution in [1.82, 2.24) is 0 Å². The van der Waals surface area contributed by atoms with Crippen molar-refractivity contribution in [3.8, 4) is 5.75 Å². The van der Waals surface area contributed by atoms with Gasteiger partial charge in [0.1, 0.15) is 11.6 Å². The molecule has 1 aliphatic carbocycles. The topological polar surface area (TPSA) is 49.4 Å². The molecule has 5 heteroatoms. The van der Waals surface area contributed by atoms with E-state index in [-0.39, 0.29) is 11.5 Å². The first-order valence-electron chi connectivity index (χ1n) is 10.9. The Kier molecular flexibility index (Phi) is 8.33. The molecule has 0 heterocycles. The first-order chi connectivity index (χ1) is 14.8. The van der Waals surface area contributed by atoms with E-state index >= 15 is 4.39 Å². The molecule has 0 saturated carbocycles. The van der Waals surface area contributed by atoms with Gasteiger partial charge in [0.05, 0.1) is 16.5 Å². The van der Waals surface area contributed by atoms with Crippen LogP contribution in [0.1, 0.15) is 78.5 Å². The number of hydrogen-bond donors (Lipinski definition) is 0. The number of carboxylic acid groups (broad SMARTS) is 1. The van der Waals surface area contributed by atoms with Crippen LogP contribution < -0.4 is 9.84 Å².